The molecule has 3 aromatic heterocycles. The first-order valence-electron chi connectivity index (χ1n) is 12.6. The Bertz CT molecular complexity index is 1480. The molecule has 0 saturated heterocycles. The first kappa shape index (κ1) is 29.8. The minimum absolute atomic E-state index is 0.106. The van der Waals surface area contributed by atoms with Crippen molar-refractivity contribution in [2.75, 3.05) is 7.11 Å². The van der Waals surface area contributed by atoms with Crippen LogP contribution in [0.1, 0.15) is 33.4 Å². The molecule has 0 aliphatic rings. The van der Waals surface area contributed by atoms with E-state index in [0.29, 0.717) is 11.3 Å². The molecule has 0 saturated carbocycles. The zero-order valence-electron chi connectivity index (χ0n) is 23.3. The van der Waals surface area contributed by atoms with Crippen molar-refractivity contribution in [2.45, 2.75) is 64.7 Å². The fourth-order valence-electron chi connectivity index (χ4n) is 4.09. The van der Waals surface area contributed by atoms with Gasteiger partial charge in [-0.1, -0.05) is 49.7 Å². The van der Waals surface area contributed by atoms with Crippen molar-refractivity contribution in [3.8, 4) is 39.7 Å². The number of nitrogens with zero attached hydrogens (tertiary/aromatic N) is 5. The van der Waals surface area contributed by atoms with E-state index in [-0.39, 0.29) is 45.0 Å². The van der Waals surface area contributed by atoms with Gasteiger partial charge in [-0.05, 0) is 37.2 Å². The van der Waals surface area contributed by atoms with Gasteiger partial charge in [0.15, 0.2) is 25.6 Å². The third kappa shape index (κ3) is 5.79. The number of alkyl halides is 3. The molecule has 1 atom stereocenters. The van der Waals surface area contributed by atoms with Crippen LogP contribution in [0.15, 0.2) is 47.4 Å². The van der Waals surface area contributed by atoms with Gasteiger partial charge in [-0.15, -0.1) is 0 Å². The molecular formula is C27H31ClF3N5O3Si. The Balaban J connectivity index is 1.86. The molecule has 0 aliphatic carbocycles. The van der Waals surface area contributed by atoms with Crippen LogP contribution in [0, 0.1) is 0 Å². The number of rotatable bonds is 8. The van der Waals surface area contributed by atoms with Crippen LogP contribution >= 0.6 is 11.6 Å². The average molecular weight is 594 g/mol. The summed E-state index contributed by atoms with van der Waals surface area (Å²) in [6.45, 7) is 12.0. The summed E-state index contributed by atoms with van der Waals surface area (Å²) in [6.07, 6.45) is -1.22. The van der Waals surface area contributed by atoms with Gasteiger partial charge in [0, 0.05) is 18.0 Å². The molecule has 40 heavy (non-hydrogen) atoms. The predicted molar refractivity (Wildman–Crippen MR) is 148 cm³/mol. The van der Waals surface area contributed by atoms with E-state index in [2.05, 4.69) is 54.1 Å². The second-order valence-electron chi connectivity index (χ2n) is 10.9. The Morgan fingerprint density at radius 2 is 1.75 bits per heavy atom. The highest BCUT2D eigenvalue weighted by molar-refractivity contribution is 6.74. The van der Waals surface area contributed by atoms with Crippen molar-refractivity contribution in [1.82, 2.24) is 24.9 Å². The molecule has 0 bridgehead atoms. The minimum Gasteiger partial charge on any atom is -0.495 e. The average Bonchev–Trinajstić information content (AvgIpc) is 3.48. The van der Waals surface area contributed by atoms with E-state index in [1.54, 1.807) is 31.2 Å². The summed E-state index contributed by atoms with van der Waals surface area (Å²) >= 11 is 6.55. The van der Waals surface area contributed by atoms with Gasteiger partial charge in [0.05, 0.1) is 42.1 Å². The fourth-order valence-corrected chi connectivity index (χ4v) is 5.82. The van der Waals surface area contributed by atoms with Crippen molar-refractivity contribution in [2.24, 2.45) is 0 Å². The van der Waals surface area contributed by atoms with Gasteiger partial charge in [0.25, 0.3) is 0 Å². The molecule has 0 fully saturated rings. The van der Waals surface area contributed by atoms with Crippen LogP contribution in [-0.4, -0.2) is 46.4 Å². The maximum atomic E-state index is 14.6. The van der Waals surface area contributed by atoms with E-state index in [1.807, 2.05) is 0 Å². The van der Waals surface area contributed by atoms with E-state index in [0.717, 1.165) is 10.9 Å². The fraction of sp³-hybridized carbons (Fsp3) is 0.407. The summed E-state index contributed by atoms with van der Waals surface area (Å²) in [5.74, 6) is 0.294. The highest BCUT2D eigenvalue weighted by Crippen LogP contribution is 2.46. The lowest BCUT2D eigenvalue weighted by Gasteiger charge is -2.38. The van der Waals surface area contributed by atoms with E-state index < -0.39 is 26.3 Å². The Labute approximate surface area is 236 Å². The normalized spacial score (nSPS) is 13.5. The van der Waals surface area contributed by atoms with Crippen molar-refractivity contribution < 1.29 is 26.9 Å². The smallest absolute Gasteiger partial charge is 0.433 e. The first-order valence-corrected chi connectivity index (χ1v) is 15.9. The van der Waals surface area contributed by atoms with Gasteiger partial charge in [0.1, 0.15) is 11.4 Å². The molecule has 8 nitrogen and oxygen atoms in total. The molecule has 4 rings (SSSR count). The van der Waals surface area contributed by atoms with Crippen molar-refractivity contribution in [3.63, 3.8) is 0 Å². The molecule has 0 radical (unpaired) electrons. The summed E-state index contributed by atoms with van der Waals surface area (Å²) < 4.78 is 61.9. The van der Waals surface area contributed by atoms with E-state index >= 15 is 0 Å². The van der Waals surface area contributed by atoms with Gasteiger partial charge in [-0.3, -0.25) is 4.68 Å². The van der Waals surface area contributed by atoms with Crippen LogP contribution in [0.25, 0.3) is 34.0 Å². The lowest BCUT2D eigenvalue weighted by molar-refractivity contribution is -0.144. The SMILES string of the molecule is COc1cccc(-c2noc(-c3cnn(CC(C)O[Si](C)(C)C(C)(C)C)c3C(F)(F)F)c2-c2ncccn2)c1Cl. The lowest BCUT2D eigenvalue weighted by atomic mass is 10.0. The molecule has 0 aliphatic heterocycles. The molecule has 3 heterocycles. The Morgan fingerprint density at radius 3 is 2.35 bits per heavy atom. The van der Waals surface area contributed by atoms with Gasteiger partial charge in [0.2, 0.25) is 0 Å². The maximum absolute atomic E-state index is 14.6. The topological polar surface area (TPSA) is 88.1 Å². The van der Waals surface area contributed by atoms with Gasteiger partial charge in [-0.25, -0.2) is 9.97 Å². The van der Waals surface area contributed by atoms with E-state index in [9.17, 15) is 13.2 Å². The molecule has 214 valence electrons. The molecule has 0 N–H and O–H groups in total. The standard InChI is InChI=1S/C27H31ClF3N5O3Si/c1-16(39-40(6,7)26(2,3)4)15-36-24(27(29,30)31)18(14-34-36)23-20(25-32-12-9-13-33-25)22(35-38-23)17-10-8-11-19(37-5)21(17)28/h8-14,16H,15H2,1-7H3. The number of hydrogen-bond acceptors (Lipinski definition) is 7. The van der Waals surface area contributed by atoms with E-state index in [1.165, 1.54) is 19.5 Å². The second-order valence-corrected chi connectivity index (χ2v) is 16.0. The summed E-state index contributed by atoms with van der Waals surface area (Å²) in [6, 6.07) is 6.60. The molecular weight excluding hydrogens is 563 g/mol. The third-order valence-electron chi connectivity index (χ3n) is 7.00. The minimum atomic E-state index is -4.77. The van der Waals surface area contributed by atoms with Crippen LogP contribution in [0.2, 0.25) is 23.2 Å². The highest BCUT2D eigenvalue weighted by Gasteiger charge is 2.43. The number of aromatic nitrogens is 5. The third-order valence-corrected chi connectivity index (χ3v) is 12.0. The van der Waals surface area contributed by atoms with Crippen LogP contribution in [-0.2, 0) is 17.1 Å². The van der Waals surface area contributed by atoms with Crippen LogP contribution in [0.5, 0.6) is 5.75 Å². The van der Waals surface area contributed by atoms with Crippen LogP contribution in [0.4, 0.5) is 13.2 Å². The van der Waals surface area contributed by atoms with Crippen LogP contribution < -0.4 is 4.74 Å². The second kappa shape index (κ2) is 11.0. The summed E-state index contributed by atoms with van der Waals surface area (Å²) in [4.78, 5) is 8.53. The maximum Gasteiger partial charge on any atom is 0.433 e. The highest BCUT2D eigenvalue weighted by atomic mass is 35.5. The van der Waals surface area contributed by atoms with Gasteiger partial charge in [-0.2, -0.15) is 18.3 Å². The zero-order valence-corrected chi connectivity index (χ0v) is 25.1. The van der Waals surface area contributed by atoms with E-state index in [4.69, 9.17) is 25.3 Å². The number of hydrogen-bond donors (Lipinski definition) is 0. The molecule has 13 heteroatoms. The predicted octanol–water partition coefficient (Wildman–Crippen LogP) is 7.75. The van der Waals surface area contributed by atoms with Gasteiger partial charge >= 0.3 is 6.18 Å². The van der Waals surface area contributed by atoms with Crippen molar-refractivity contribution in [1.29, 1.82) is 0 Å². The number of halogens is 4. The van der Waals surface area contributed by atoms with Gasteiger partial charge < -0.3 is 13.7 Å². The number of ether oxygens (including phenoxy) is 1. The van der Waals surface area contributed by atoms with Crippen molar-refractivity contribution in [3.05, 3.63) is 53.6 Å². The number of methoxy groups -OCH3 is 1. The molecule has 1 aromatic carbocycles. The van der Waals surface area contributed by atoms with Crippen molar-refractivity contribution >= 4 is 19.9 Å². The monoisotopic (exact) mass is 593 g/mol. The van der Waals surface area contributed by atoms with Crippen LogP contribution in [0.3, 0.4) is 0 Å². The first-order chi connectivity index (χ1) is 18.7. The zero-order chi connectivity index (χ0) is 29.5. The molecule has 0 amide bonds. The summed E-state index contributed by atoms with van der Waals surface area (Å²) in [5, 5.41) is 8.34. The summed E-state index contributed by atoms with van der Waals surface area (Å²) in [5.41, 5.74) is -0.593. The Morgan fingerprint density at radius 1 is 1.07 bits per heavy atom. The Kier molecular flexibility index (Phi) is 8.17. The molecule has 4 aromatic rings. The molecule has 1 unspecified atom stereocenters. The summed E-state index contributed by atoms with van der Waals surface area (Å²) in [7, 11) is -0.774. The largest absolute Gasteiger partial charge is 0.495 e. The molecule has 0 spiro atoms. The Hall–Kier alpha value is -3.22. The lowest BCUT2D eigenvalue weighted by Crippen LogP contribution is -2.44. The quantitative estimate of drug-likeness (QED) is 0.193. The number of benzene rings is 1.